The zero-order valence-electron chi connectivity index (χ0n) is 20.7. The molecule has 0 aliphatic heterocycles. The summed E-state index contributed by atoms with van der Waals surface area (Å²) in [5, 5.41) is 2.53. The summed E-state index contributed by atoms with van der Waals surface area (Å²) >= 11 is 0. The van der Waals surface area contributed by atoms with E-state index >= 15 is 0 Å². The molecule has 0 heterocycles. The standard InChI is InChI=1S/C27H30FN3O4S/c1-19-10-11-20(2)25(16-19)31(36(34,35)24-8-6-5-7-9-24)18-26(32)30(21(3)27(33)29-4)17-22-12-14-23(28)15-13-22/h5-16,21H,17-18H2,1-4H3,(H,29,33). The van der Waals surface area contributed by atoms with Gasteiger partial charge in [0.05, 0.1) is 10.6 Å². The molecule has 3 rings (SSSR count). The van der Waals surface area contributed by atoms with Crippen LogP contribution in [0.4, 0.5) is 10.1 Å². The number of nitrogens with one attached hydrogen (secondary N) is 1. The van der Waals surface area contributed by atoms with Gasteiger partial charge in [-0.25, -0.2) is 12.8 Å². The molecule has 1 unspecified atom stereocenters. The van der Waals surface area contributed by atoms with E-state index in [1.54, 1.807) is 44.2 Å². The van der Waals surface area contributed by atoms with E-state index in [-0.39, 0.29) is 11.4 Å². The molecule has 190 valence electrons. The number of carbonyl (C=O) groups excluding carboxylic acids is 2. The van der Waals surface area contributed by atoms with E-state index in [2.05, 4.69) is 5.32 Å². The molecule has 0 spiro atoms. The van der Waals surface area contributed by atoms with Gasteiger partial charge in [-0.15, -0.1) is 0 Å². The van der Waals surface area contributed by atoms with E-state index in [1.807, 2.05) is 13.0 Å². The summed E-state index contributed by atoms with van der Waals surface area (Å²) in [5.74, 6) is -1.41. The third-order valence-corrected chi connectivity index (χ3v) is 7.70. The molecule has 0 aromatic heterocycles. The minimum Gasteiger partial charge on any atom is -0.357 e. The highest BCUT2D eigenvalue weighted by Crippen LogP contribution is 2.28. The average molecular weight is 512 g/mol. The number of nitrogens with zero attached hydrogens (tertiary/aromatic N) is 2. The molecule has 36 heavy (non-hydrogen) atoms. The molecule has 0 aliphatic carbocycles. The van der Waals surface area contributed by atoms with Crippen LogP contribution in [-0.4, -0.2) is 44.8 Å². The van der Waals surface area contributed by atoms with Gasteiger partial charge in [-0.1, -0.05) is 42.5 Å². The first-order chi connectivity index (χ1) is 17.0. The van der Waals surface area contributed by atoms with Crippen molar-refractivity contribution < 1.29 is 22.4 Å². The lowest BCUT2D eigenvalue weighted by Gasteiger charge is -2.32. The largest absolute Gasteiger partial charge is 0.357 e. The van der Waals surface area contributed by atoms with Crippen LogP contribution in [-0.2, 0) is 26.2 Å². The summed E-state index contributed by atoms with van der Waals surface area (Å²) in [4.78, 5) is 27.5. The number of likely N-dealkylation sites (N-methyl/N-ethyl adjacent to an activating group) is 1. The quantitative estimate of drug-likeness (QED) is 0.474. The lowest BCUT2D eigenvalue weighted by atomic mass is 10.1. The molecule has 0 bridgehead atoms. The Morgan fingerprint density at radius 2 is 1.61 bits per heavy atom. The second-order valence-corrected chi connectivity index (χ2v) is 10.4. The Kier molecular flexibility index (Phi) is 8.47. The Hall–Kier alpha value is -3.72. The van der Waals surface area contributed by atoms with Gasteiger partial charge in [0.15, 0.2) is 0 Å². The van der Waals surface area contributed by atoms with Crippen molar-refractivity contribution in [2.45, 2.75) is 38.3 Å². The van der Waals surface area contributed by atoms with Crippen molar-refractivity contribution in [3.05, 3.63) is 95.3 Å². The number of halogens is 1. The Morgan fingerprint density at radius 1 is 0.972 bits per heavy atom. The summed E-state index contributed by atoms with van der Waals surface area (Å²) < 4.78 is 42.0. The van der Waals surface area contributed by atoms with Crippen LogP contribution in [0.5, 0.6) is 0 Å². The zero-order valence-corrected chi connectivity index (χ0v) is 21.5. The summed E-state index contributed by atoms with van der Waals surface area (Å²) in [6.07, 6.45) is 0. The van der Waals surface area contributed by atoms with Crippen LogP contribution >= 0.6 is 0 Å². The van der Waals surface area contributed by atoms with Crippen molar-refractivity contribution in [3.63, 3.8) is 0 Å². The number of amides is 2. The molecular weight excluding hydrogens is 481 g/mol. The fraction of sp³-hybridized carbons (Fsp3) is 0.259. The minimum atomic E-state index is -4.12. The number of hydrogen-bond acceptors (Lipinski definition) is 4. The van der Waals surface area contributed by atoms with Crippen molar-refractivity contribution in [1.29, 1.82) is 0 Å². The molecule has 0 fully saturated rings. The van der Waals surface area contributed by atoms with E-state index < -0.39 is 40.2 Å². The molecule has 1 atom stereocenters. The van der Waals surface area contributed by atoms with E-state index in [0.717, 1.165) is 9.87 Å². The SMILES string of the molecule is CNC(=O)C(C)N(Cc1ccc(F)cc1)C(=O)CN(c1cc(C)ccc1C)S(=O)(=O)c1ccccc1. The van der Waals surface area contributed by atoms with Crippen LogP contribution in [0.1, 0.15) is 23.6 Å². The fourth-order valence-corrected chi connectivity index (χ4v) is 5.29. The fourth-order valence-electron chi connectivity index (χ4n) is 3.80. The number of benzene rings is 3. The van der Waals surface area contributed by atoms with Crippen LogP contribution in [0, 0.1) is 19.7 Å². The Labute approximate surface area is 211 Å². The Morgan fingerprint density at radius 3 is 2.22 bits per heavy atom. The van der Waals surface area contributed by atoms with Crippen molar-refractivity contribution in [3.8, 4) is 0 Å². The van der Waals surface area contributed by atoms with Crippen LogP contribution in [0.25, 0.3) is 0 Å². The van der Waals surface area contributed by atoms with E-state index in [9.17, 15) is 22.4 Å². The van der Waals surface area contributed by atoms with Gasteiger partial charge in [0.2, 0.25) is 11.8 Å². The van der Waals surface area contributed by atoms with Crippen LogP contribution in [0.15, 0.2) is 77.7 Å². The second kappa shape index (κ2) is 11.3. The number of rotatable bonds is 9. The lowest BCUT2D eigenvalue weighted by molar-refractivity contribution is -0.139. The predicted molar refractivity (Wildman–Crippen MR) is 137 cm³/mol. The third kappa shape index (κ3) is 6.09. The first-order valence-electron chi connectivity index (χ1n) is 11.4. The highest BCUT2D eigenvalue weighted by molar-refractivity contribution is 7.92. The summed E-state index contributed by atoms with van der Waals surface area (Å²) in [6.45, 7) is 4.65. The van der Waals surface area contributed by atoms with Gasteiger partial charge < -0.3 is 10.2 Å². The van der Waals surface area contributed by atoms with Crippen molar-refractivity contribution in [1.82, 2.24) is 10.2 Å². The predicted octanol–water partition coefficient (Wildman–Crippen LogP) is 3.80. The maximum atomic E-state index is 13.7. The van der Waals surface area contributed by atoms with Crippen LogP contribution in [0.3, 0.4) is 0 Å². The van der Waals surface area contributed by atoms with Gasteiger partial charge in [0.25, 0.3) is 10.0 Å². The highest BCUT2D eigenvalue weighted by atomic mass is 32.2. The molecular formula is C27H30FN3O4S. The number of sulfonamides is 1. The highest BCUT2D eigenvalue weighted by Gasteiger charge is 2.32. The van der Waals surface area contributed by atoms with Gasteiger partial charge in [-0.2, -0.15) is 0 Å². The van der Waals surface area contributed by atoms with E-state index in [0.29, 0.717) is 16.8 Å². The maximum Gasteiger partial charge on any atom is 0.264 e. The number of hydrogen-bond donors (Lipinski definition) is 1. The van der Waals surface area contributed by atoms with Gasteiger partial charge in [0.1, 0.15) is 18.4 Å². The molecule has 3 aromatic carbocycles. The number of carbonyl (C=O) groups is 2. The van der Waals surface area contributed by atoms with Crippen LogP contribution in [0.2, 0.25) is 0 Å². The molecule has 7 nitrogen and oxygen atoms in total. The maximum absolute atomic E-state index is 13.7. The molecule has 9 heteroatoms. The van der Waals surface area contributed by atoms with Gasteiger partial charge in [0, 0.05) is 13.6 Å². The third-order valence-electron chi connectivity index (χ3n) is 5.92. The number of anilines is 1. The van der Waals surface area contributed by atoms with Gasteiger partial charge >= 0.3 is 0 Å². The normalized spacial score (nSPS) is 12.0. The molecule has 2 amide bonds. The average Bonchev–Trinajstić information content (AvgIpc) is 2.87. The monoisotopic (exact) mass is 511 g/mol. The van der Waals surface area contributed by atoms with Gasteiger partial charge in [-0.05, 0) is 67.8 Å². The van der Waals surface area contributed by atoms with Crippen molar-refractivity contribution >= 4 is 27.5 Å². The summed E-state index contributed by atoms with van der Waals surface area (Å²) in [6, 6.07) is 18.0. The van der Waals surface area contributed by atoms with Crippen LogP contribution < -0.4 is 9.62 Å². The summed E-state index contributed by atoms with van der Waals surface area (Å²) in [7, 11) is -2.66. The molecule has 3 aromatic rings. The lowest BCUT2D eigenvalue weighted by Crippen LogP contribution is -2.50. The Bertz CT molecular complexity index is 1330. The topological polar surface area (TPSA) is 86.8 Å². The van der Waals surface area contributed by atoms with E-state index in [4.69, 9.17) is 0 Å². The molecule has 0 saturated carbocycles. The first-order valence-corrected chi connectivity index (χ1v) is 12.9. The molecule has 0 saturated heterocycles. The van der Waals surface area contributed by atoms with Crippen molar-refractivity contribution in [2.75, 3.05) is 17.9 Å². The minimum absolute atomic E-state index is 0.000274. The first kappa shape index (κ1) is 26.9. The van der Waals surface area contributed by atoms with Gasteiger partial charge in [-0.3, -0.25) is 13.9 Å². The Balaban J connectivity index is 2.06. The van der Waals surface area contributed by atoms with E-state index in [1.165, 1.54) is 48.3 Å². The zero-order chi connectivity index (χ0) is 26.5. The molecule has 0 radical (unpaired) electrons. The smallest absolute Gasteiger partial charge is 0.264 e. The molecule has 1 N–H and O–H groups in total. The second-order valence-electron chi connectivity index (χ2n) is 8.55. The summed E-state index contributed by atoms with van der Waals surface area (Å²) in [5.41, 5.74) is 2.49. The number of aryl methyl sites for hydroxylation is 2. The van der Waals surface area contributed by atoms with Crippen molar-refractivity contribution in [2.24, 2.45) is 0 Å². The molecule has 0 aliphatic rings.